The van der Waals surface area contributed by atoms with E-state index >= 15 is 0 Å². The van der Waals surface area contributed by atoms with E-state index in [1.807, 2.05) is 0 Å². The predicted molar refractivity (Wildman–Crippen MR) is 77.0 cm³/mol. The quantitative estimate of drug-likeness (QED) is 0.833. The number of anilines is 2. The summed E-state index contributed by atoms with van der Waals surface area (Å²) in [5.74, 6) is 0.741. The molecule has 2 rings (SSSR count). The van der Waals surface area contributed by atoms with E-state index in [0.717, 1.165) is 50.0 Å². The number of nitrogen functional groups attached to an aromatic ring is 1. The van der Waals surface area contributed by atoms with Gasteiger partial charge in [0.2, 0.25) is 0 Å². The molecule has 1 aliphatic rings. The first-order valence-electron chi connectivity index (χ1n) is 6.88. The van der Waals surface area contributed by atoms with Crippen molar-refractivity contribution in [2.24, 2.45) is 5.92 Å². The molecule has 0 atom stereocenters. The average molecular weight is 248 g/mol. The third-order valence-electron chi connectivity index (χ3n) is 3.45. The highest BCUT2D eigenvalue weighted by atomic mass is 16.5. The van der Waals surface area contributed by atoms with Gasteiger partial charge in [-0.15, -0.1) is 0 Å². The molecule has 1 aliphatic heterocycles. The maximum Gasteiger partial charge on any atom is 0.0642 e. The van der Waals surface area contributed by atoms with Crippen molar-refractivity contribution in [3.63, 3.8) is 0 Å². The lowest BCUT2D eigenvalue weighted by atomic mass is 10.0. The van der Waals surface area contributed by atoms with Crippen LogP contribution in [-0.4, -0.2) is 26.3 Å². The summed E-state index contributed by atoms with van der Waals surface area (Å²) in [6, 6.07) is 6.51. The molecular weight excluding hydrogens is 224 g/mol. The van der Waals surface area contributed by atoms with Crippen molar-refractivity contribution < 1.29 is 4.74 Å². The summed E-state index contributed by atoms with van der Waals surface area (Å²) in [5, 5.41) is 0. The molecule has 0 amide bonds. The van der Waals surface area contributed by atoms with Crippen molar-refractivity contribution in [3.8, 4) is 0 Å². The van der Waals surface area contributed by atoms with Crippen molar-refractivity contribution in [2.75, 3.05) is 36.9 Å². The molecule has 0 unspecified atom stereocenters. The Morgan fingerprint density at radius 3 is 2.61 bits per heavy atom. The van der Waals surface area contributed by atoms with Gasteiger partial charge in [0.05, 0.1) is 24.6 Å². The van der Waals surface area contributed by atoms with Gasteiger partial charge in [0.1, 0.15) is 0 Å². The summed E-state index contributed by atoms with van der Waals surface area (Å²) < 4.78 is 5.37. The van der Waals surface area contributed by atoms with Crippen molar-refractivity contribution in [3.05, 3.63) is 23.8 Å². The van der Waals surface area contributed by atoms with Crippen molar-refractivity contribution in [1.82, 2.24) is 0 Å². The molecule has 1 saturated heterocycles. The Kier molecular flexibility index (Phi) is 4.48. The van der Waals surface area contributed by atoms with Gasteiger partial charge in [-0.2, -0.15) is 0 Å². The number of hydrogen-bond donors (Lipinski definition) is 1. The maximum atomic E-state index is 6.18. The minimum atomic E-state index is 0.741. The third kappa shape index (κ3) is 3.39. The van der Waals surface area contributed by atoms with E-state index in [1.54, 1.807) is 0 Å². The smallest absolute Gasteiger partial charge is 0.0642 e. The minimum Gasteiger partial charge on any atom is -0.397 e. The Morgan fingerprint density at radius 1 is 1.28 bits per heavy atom. The Labute approximate surface area is 110 Å². The van der Waals surface area contributed by atoms with Crippen molar-refractivity contribution >= 4 is 11.4 Å². The predicted octanol–water partition coefficient (Wildman–Crippen LogP) is 2.69. The lowest BCUT2D eigenvalue weighted by Crippen LogP contribution is -2.36. The van der Waals surface area contributed by atoms with Crippen LogP contribution >= 0.6 is 0 Å². The number of aryl methyl sites for hydroxylation is 1. The van der Waals surface area contributed by atoms with Crippen LogP contribution in [0.25, 0.3) is 0 Å². The van der Waals surface area contributed by atoms with Crippen LogP contribution in [0, 0.1) is 5.92 Å². The van der Waals surface area contributed by atoms with Crippen molar-refractivity contribution in [1.29, 1.82) is 0 Å². The van der Waals surface area contributed by atoms with Gasteiger partial charge < -0.3 is 15.4 Å². The highest BCUT2D eigenvalue weighted by molar-refractivity contribution is 5.68. The van der Waals surface area contributed by atoms with E-state index in [9.17, 15) is 0 Å². The van der Waals surface area contributed by atoms with E-state index in [0.29, 0.717) is 0 Å². The van der Waals surface area contributed by atoms with Crippen molar-refractivity contribution in [2.45, 2.75) is 26.7 Å². The van der Waals surface area contributed by atoms with Gasteiger partial charge in [-0.3, -0.25) is 0 Å². The van der Waals surface area contributed by atoms with Crippen LogP contribution < -0.4 is 10.6 Å². The molecule has 0 saturated carbocycles. The number of benzene rings is 1. The molecule has 0 aromatic heterocycles. The molecule has 1 heterocycles. The molecular formula is C15H24N2O. The van der Waals surface area contributed by atoms with Gasteiger partial charge in [-0.05, 0) is 36.5 Å². The van der Waals surface area contributed by atoms with Gasteiger partial charge in [-0.1, -0.05) is 19.9 Å². The number of rotatable bonds is 4. The molecule has 0 radical (unpaired) electrons. The number of nitrogens with zero attached hydrogens (tertiary/aromatic N) is 1. The normalized spacial score (nSPS) is 16.3. The van der Waals surface area contributed by atoms with Gasteiger partial charge >= 0.3 is 0 Å². The summed E-state index contributed by atoms with van der Waals surface area (Å²) in [6.45, 7) is 7.99. The number of morpholine rings is 1. The molecule has 18 heavy (non-hydrogen) atoms. The Bertz CT molecular complexity index is 384. The standard InChI is InChI=1S/C15H24N2O/c1-12(2)3-4-13-5-6-15(14(16)11-13)17-7-9-18-10-8-17/h5-6,11-12H,3-4,7-10,16H2,1-2H3. The van der Waals surface area contributed by atoms with E-state index < -0.39 is 0 Å². The van der Waals surface area contributed by atoms with Gasteiger partial charge in [-0.25, -0.2) is 0 Å². The van der Waals surface area contributed by atoms with E-state index in [4.69, 9.17) is 10.5 Å². The summed E-state index contributed by atoms with van der Waals surface area (Å²) in [4.78, 5) is 2.31. The van der Waals surface area contributed by atoms with Crippen LogP contribution in [0.5, 0.6) is 0 Å². The van der Waals surface area contributed by atoms with Crippen LogP contribution in [0.4, 0.5) is 11.4 Å². The van der Waals surface area contributed by atoms with E-state index in [-0.39, 0.29) is 0 Å². The number of ether oxygens (including phenoxy) is 1. The zero-order chi connectivity index (χ0) is 13.0. The second-order valence-corrected chi connectivity index (χ2v) is 5.43. The second kappa shape index (κ2) is 6.10. The number of hydrogen-bond acceptors (Lipinski definition) is 3. The van der Waals surface area contributed by atoms with Gasteiger partial charge in [0.25, 0.3) is 0 Å². The van der Waals surface area contributed by atoms with Crippen LogP contribution in [0.1, 0.15) is 25.8 Å². The second-order valence-electron chi connectivity index (χ2n) is 5.43. The minimum absolute atomic E-state index is 0.741. The maximum absolute atomic E-state index is 6.18. The monoisotopic (exact) mass is 248 g/mol. The molecule has 3 heteroatoms. The number of nitrogens with two attached hydrogens (primary N) is 1. The highest BCUT2D eigenvalue weighted by Gasteiger charge is 2.13. The molecule has 1 aromatic rings. The molecule has 1 fully saturated rings. The molecule has 100 valence electrons. The molecule has 0 spiro atoms. The first-order valence-corrected chi connectivity index (χ1v) is 6.88. The zero-order valence-electron chi connectivity index (χ0n) is 11.5. The van der Waals surface area contributed by atoms with Crippen LogP contribution in [0.15, 0.2) is 18.2 Å². The van der Waals surface area contributed by atoms with E-state index in [2.05, 4.69) is 36.9 Å². The molecule has 3 nitrogen and oxygen atoms in total. The average Bonchev–Trinajstić information content (AvgIpc) is 2.37. The molecule has 0 bridgehead atoms. The topological polar surface area (TPSA) is 38.5 Å². The largest absolute Gasteiger partial charge is 0.397 e. The summed E-state index contributed by atoms with van der Waals surface area (Å²) >= 11 is 0. The fourth-order valence-electron chi connectivity index (χ4n) is 2.31. The Balaban J connectivity index is 2.04. The highest BCUT2D eigenvalue weighted by Crippen LogP contribution is 2.26. The first-order chi connectivity index (χ1) is 8.66. The van der Waals surface area contributed by atoms with Gasteiger partial charge in [0.15, 0.2) is 0 Å². The fourth-order valence-corrected chi connectivity index (χ4v) is 2.31. The van der Waals surface area contributed by atoms with Crippen LogP contribution in [0.3, 0.4) is 0 Å². The lowest BCUT2D eigenvalue weighted by molar-refractivity contribution is 0.123. The lowest BCUT2D eigenvalue weighted by Gasteiger charge is -2.30. The SMILES string of the molecule is CC(C)CCc1ccc(N2CCOCC2)c(N)c1. The van der Waals surface area contributed by atoms with Crippen LogP contribution in [-0.2, 0) is 11.2 Å². The summed E-state index contributed by atoms with van der Waals surface area (Å²) in [5.41, 5.74) is 9.58. The fraction of sp³-hybridized carbons (Fsp3) is 0.600. The molecule has 2 N–H and O–H groups in total. The zero-order valence-corrected chi connectivity index (χ0v) is 11.5. The summed E-state index contributed by atoms with van der Waals surface area (Å²) in [6.07, 6.45) is 2.33. The summed E-state index contributed by atoms with van der Waals surface area (Å²) in [7, 11) is 0. The molecule has 0 aliphatic carbocycles. The van der Waals surface area contributed by atoms with Gasteiger partial charge in [0, 0.05) is 13.1 Å². The van der Waals surface area contributed by atoms with Crippen LogP contribution in [0.2, 0.25) is 0 Å². The third-order valence-corrected chi connectivity index (χ3v) is 3.45. The Morgan fingerprint density at radius 2 is 2.00 bits per heavy atom. The van der Waals surface area contributed by atoms with E-state index in [1.165, 1.54) is 12.0 Å². The Hall–Kier alpha value is -1.22. The molecule has 1 aromatic carbocycles. The first kappa shape index (κ1) is 13.2.